The summed E-state index contributed by atoms with van der Waals surface area (Å²) in [5.41, 5.74) is 10.9. The molecule has 7 heteroatoms. The summed E-state index contributed by atoms with van der Waals surface area (Å²) >= 11 is 0. The Morgan fingerprint density at radius 3 is 2.11 bits per heavy atom. The first-order chi connectivity index (χ1) is 16.9. The van der Waals surface area contributed by atoms with E-state index in [9.17, 15) is 4.79 Å². The number of primary amides is 1. The number of nitrogens with two attached hydrogens (primary N) is 1. The zero-order valence-electron chi connectivity index (χ0n) is 20.0. The van der Waals surface area contributed by atoms with Crippen LogP contribution in [0.25, 0.3) is 16.8 Å². The molecule has 5 rings (SSSR count). The zero-order valence-corrected chi connectivity index (χ0v) is 20.0. The Labute approximate surface area is 205 Å². The molecule has 2 N–H and O–H groups in total. The summed E-state index contributed by atoms with van der Waals surface area (Å²) in [6.45, 7) is 3.88. The molecule has 178 valence electrons. The molecule has 0 bridgehead atoms. The second-order valence-electron chi connectivity index (χ2n) is 9.11. The van der Waals surface area contributed by atoms with Crippen LogP contribution in [-0.4, -0.2) is 51.8 Å². The van der Waals surface area contributed by atoms with Crippen LogP contribution in [0.2, 0.25) is 0 Å². The van der Waals surface area contributed by atoms with Gasteiger partial charge in [-0.05, 0) is 73.3 Å². The van der Waals surface area contributed by atoms with Gasteiger partial charge in [0.15, 0.2) is 0 Å². The third-order valence-electron chi connectivity index (χ3n) is 6.37. The number of benzene rings is 3. The second kappa shape index (κ2) is 9.72. The van der Waals surface area contributed by atoms with Crippen molar-refractivity contribution in [3.8, 4) is 22.6 Å². The van der Waals surface area contributed by atoms with E-state index < -0.39 is 5.91 Å². The van der Waals surface area contributed by atoms with E-state index in [1.54, 1.807) is 11.6 Å². The smallest absolute Gasteiger partial charge is 0.288 e. The van der Waals surface area contributed by atoms with E-state index in [2.05, 4.69) is 82.7 Å². The van der Waals surface area contributed by atoms with E-state index in [4.69, 9.17) is 10.5 Å². The van der Waals surface area contributed by atoms with E-state index in [-0.39, 0.29) is 11.9 Å². The van der Waals surface area contributed by atoms with Crippen LogP contribution < -0.4 is 10.5 Å². The average molecular weight is 468 g/mol. The average Bonchev–Trinajstić information content (AvgIpc) is 3.46. The lowest BCUT2D eigenvalue weighted by molar-refractivity contribution is 0.0990. The molecule has 35 heavy (non-hydrogen) atoms. The minimum atomic E-state index is -0.631. The molecule has 0 radical (unpaired) electrons. The van der Waals surface area contributed by atoms with E-state index in [0.29, 0.717) is 5.82 Å². The predicted molar refractivity (Wildman–Crippen MR) is 136 cm³/mol. The van der Waals surface area contributed by atoms with Crippen molar-refractivity contribution in [2.75, 3.05) is 20.1 Å². The quantitative estimate of drug-likeness (QED) is 0.444. The van der Waals surface area contributed by atoms with Crippen molar-refractivity contribution in [1.82, 2.24) is 19.7 Å². The molecule has 0 saturated carbocycles. The van der Waals surface area contributed by atoms with Gasteiger partial charge in [-0.1, -0.05) is 48.5 Å². The van der Waals surface area contributed by atoms with E-state index in [0.717, 1.165) is 37.4 Å². The summed E-state index contributed by atoms with van der Waals surface area (Å²) < 4.78 is 7.73. The van der Waals surface area contributed by atoms with Crippen molar-refractivity contribution in [1.29, 1.82) is 0 Å². The lowest BCUT2D eigenvalue weighted by Gasteiger charge is -2.14. The Morgan fingerprint density at radius 2 is 1.57 bits per heavy atom. The maximum absolute atomic E-state index is 11.3. The Balaban J connectivity index is 1.22. The van der Waals surface area contributed by atoms with Gasteiger partial charge >= 0.3 is 0 Å². The van der Waals surface area contributed by atoms with E-state index in [1.165, 1.54) is 22.3 Å². The van der Waals surface area contributed by atoms with Crippen LogP contribution >= 0.6 is 0 Å². The van der Waals surface area contributed by atoms with Gasteiger partial charge < -0.3 is 15.4 Å². The highest BCUT2D eigenvalue weighted by molar-refractivity contribution is 5.88. The molecule has 1 atom stereocenters. The van der Waals surface area contributed by atoms with Gasteiger partial charge in [0.1, 0.15) is 17.7 Å². The molecule has 1 amide bonds. The number of carbonyl (C=O) groups is 1. The standard InChI is InChI=1S/C28H29N5O2/c1-19-30-28(27(29)34)31-33(19)24-11-5-21(6-12-24)17-20-3-7-22(8-4-20)23-9-13-25(14-10-23)35-26-15-16-32(2)18-26/h3-14,26H,15-18H2,1-2H3,(H2,29,34)/t26-/m1/s1. The van der Waals surface area contributed by atoms with E-state index in [1.807, 2.05) is 12.1 Å². The number of carbonyl (C=O) groups excluding carboxylic acids is 1. The molecule has 3 aromatic carbocycles. The largest absolute Gasteiger partial charge is 0.489 e. The minimum absolute atomic E-state index is 0.0236. The monoisotopic (exact) mass is 467 g/mol. The van der Waals surface area contributed by atoms with Crippen molar-refractivity contribution in [3.63, 3.8) is 0 Å². The maximum atomic E-state index is 11.3. The highest BCUT2D eigenvalue weighted by atomic mass is 16.5. The molecule has 1 saturated heterocycles. The van der Waals surface area contributed by atoms with Crippen molar-refractivity contribution < 1.29 is 9.53 Å². The molecule has 1 fully saturated rings. The number of amides is 1. The lowest BCUT2D eigenvalue weighted by atomic mass is 10.00. The number of ether oxygens (including phenoxy) is 1. The van der Waals surface area contributed by atoms with Crippen molar-refractivity contribution in [2.24, 2.45) is 5.73 Å². The third-order valence-corrected chi connectivity index (χ3v) is 6.37. The highest BCUT2D eigenvalue weighted by Crippen LogP contribution is 2.25. The molecule has 7 nitrogen and oxygen atoms in total. The first-order valence-corrected chi connectivity index (χ1v) is 11.8. The molecule has 4 aromatic rings. The summed E-state index contributed by atoms with van der Waals surface area (Å²) in [5, 5.41) is 4.19. The molecule has 1 aromatic heterocycles. The Kier molecular flexibility index (Phi) is 6.33. The van der Waals surface area contributed by atoms with Gasteiger partial charge in [0.05, 0.1) is 5.69 Å². The molecule has 0 unspecified atom stereocenters. The number of likely N-dealkylation sites (N-methyl/N-ethyl adjacent to an activating group) is 1. The van der Waals surface area contributed by atoms with Gasteiger partial charge in [0.25, 0.3) is 5.91 Å². The molecular weight excluding hydrogens is 438 g/mol. The summed E-state index contributed by atoms with van der Waals surface area (Å²) in [7, 11) is 2.13. The Bertz CT molecular complexity index is 1310. The fourth-order valence-corrected chi connectivity index (χ4v) is 4.45. The molecule has 2 heterocycles. The SMILES string of the molecule is Cc1nc(C(N)=O)nn1-c1ccc(Cc2ccc(-c3ccc(O[C@@H]4CCN(C)C4)cc3)cc2)cc1. The highest BCUT2D eigenvalue weighted by Gasteiger charge is 2.20. The van der Waals surface area contributed by atoms with Crippen LogP contribution in [0.1, 0.15) is 34.0 Å². The summed E-state index contributed by atoms with van der Waals surface area (Å²) in [6.07, 6.45) is 2.19. The fourth-order valence-electron chi connectivity index (χ4n) is 4.45. The van der Waals surface area contributed by atoms with Crippen molar-refractivity contribution in [3.05, 3.63) is 95.6 Å². The molecule has 1 aliphatic heterocycles. The van der Waals surface area contributed by atoms with Crippen molar-refractivity contribution in [2.45, 2.75) is 25.9 Å². The lowest BCUT2D eigenvalue weighted by Crippen LogP contribution is -2.21. The van der Waals surface area contributed by atoms with Crippen molar-refractivity contribution >= 4 is 5.91 Å². The normalized spacial score (nSPS) is 15.9. The van der Waals surface area contributed by atoms with Crippen LogP contribution in [0.5, 0.6) is 5.75 Å². The van der Waals surface area contributed by atoms with Gasteiger partial charge in [-0.2, -0.15) is 0 Å². The van der Waals surface area contributed by atoms with Crippen LogP contribution in [0, 0.1) is 6.92 Å². The van der Waals surface area contributed by atoms with Crippen LogP contribution in [0.3, 0.4) is 0 Å². The van der Waals surface area contributed by atoms with Gasteiger partial charge in [0, 0.05) is 13.1 Å². The number of hydrogen-bond donors (Lipinski definition) is 1. The summed E-state index contributed by atoms with van der Waals surface area (Å²) in [6, 6.07) is 25.1. The van der Waals surface area contributed by atoms with Gasteiger partial charge in [-0.15, -0.1) is 5.10 Å². The molecule has 1 aliphatic rings. The molecule has 0 aliphatic carbocycles. The van der Waals surface area contributed by atoms with Crippen LogP contribution in [-0.2, 0) is 6.42 Å². The number of rotatable bonds is 7. The molecular formula is C28H29N5O2. The van der Waals surface area contributed by atoms with Gasteiger partial charge in [0.2, 0.25) is 5.82 Å². The van der Waals surface area contributed by atoms with Gasteiger partial charge in [-0.3, -0.25) is 4.79 Å². The predicted octanol–water partition coefficient (Wildman–Crippen LogP) is 4.02. The number of aryl methyl sites for hydroxylation is 1. The fraction of sp³-hybridized carbons (Fsp3) is 0.250. The number of aromatic nitrogens is 3. The Hall–Kier alpha value is -3.97. The maximum Gasteiger partial charge on any atom is 0.288 e. The summed E-state index contributed by atoms with van der Waals surface area (Å²) in [4.78, 5) is 17.7. The topological polar surface area (TPSA) is 86.3 Å². The van der Waals surface area contributed by atoms with Gasteiger partial charge in [-0.25, -0.2) is 9.67 Å². The first kappa shape index (κ1) is 22.8. The Morgan fingerprint density at radius 1 is 0.971 bits per heavy atom. The second-order valence-corrected chi connectivity index (χ2v) is 9.11. The zero-order chi connectivity index (χ0) is 24.4. The summed E-state index contributed by atoms with van der Waals surface area (Å²) in [5.74, 6) is 0.942. The van der Waals surface area contributed by atoms with E-state index >= 15 is 0 Å². The number of likely N-dealkylation sites (tertiary alicyclic amines) is 1. The number of hydrogen-bond acceptors (Lipinski definition) is 5. The number of nitrogens with zero attached hydrogens (tertiary/aromatic N) is 4. The van der Waals surface area contributed by atoms with Crippen LogP contribution in [0.15, 0.2) is 72.8 Å². The molecule has 0 spiro atoms. The minimum Gasteiger partial charge on any atom is -0.489 e. The third kappa shape index (κ3) is 5.25. The first-order valence-electron chi connectivity index (χ1n) is 11.8. The van der Waals surface area contributed by atoms with Crippen LogP contribution in [0.4, 0.5) is 0 Å².